The number of hydrogen-bond acceptors (Lipinski definition) is 1. The van der Waals surface area contributed by atoms with Crippen molar-refractivity contribution < 1.29 is 4.39 Å². The van der Waals surface area contributed by atoms with Crippen LogP contribution in [0.25, 0.3) is 11.3 Å². The Kier molecular flexibility index (Phi) is 3.34. The van der Waals surface area contributed by atoms with Gasteiger partial charge in [-0.15, -0.1) is 0 Å². The van der Waals surface area contributed by atoms with Gasteiger partial charge in [0.25, 0.3) is 0 Å². The highest BCUT2D eigenvalue weighted by Gasteiger charge is 2.03. The molecular weight excluding hydrogens is 269 g/mol. The maximum Gasteiger partial charge on any atom is 0.123 e. The molecule has 0 aliphatic carbocycles. The van der Waals surface area contributed by atoms with E-state index < -0.39 is 0 Å². The minimum Gasteiger partial charge on any atom is -0.253 e. The second-order valence-corrected chi connectivity index (χ2v) is 4.14. The van der Waals surface area contributed by atoms with Crippen molar-refractivity contribution in [3.63, 3.8) is 0 Å². The van der Waals surface area contributed by atoms with Crippen LogP contribution in [0.15, 0.2) is 36.4 Å². The van der Waals surface area contributed by atoms with Gasteiger partial charge in [0.2, 0.25) is 0 Å². The number of aromatic nitrogens is 1. The fourth-order valence-electron chi connectivity index (χ4n) is 1.51. The molecule has 82 valence electrons. The molecule has 0 saturated carbocycles. The molecule has 1 aromatic carbocycles. The summed E-state index contributed by atoms with van der Waals surface area (Å²) in [6, 6.07) is 10.4. The molecule has 0 N–H and O–H groups in total. The molecule has 1 heterocycles. The van der Waals surface area contributed by atoms with E-state index in [1.165, 1.54) is 17.7 Å². The lowest BCUT2D eigenvalue weighted by Crippen LogP contribution is -1.92. The van der Waals surface area contributed by atoms with Crippen LogP contribution < -0.4 is 0 Å². The number of nitrogens with zero attached hydrogens (tertiary/aromatic N) is 1. The summed E-state index contributed by atoms with van der Waals surface area (Å²) in [5, 5.41) is 0.801. The first-order valence-corrected chi connectivity index (χ1v) is 6.11. The number of pyridine rings is 1. The van der Waals surface area contributed by atoms with E-state index in [1.807, 2.05) is 19.1 Å². The average molecular weight is 280 g/mol. The first-order chi connectivity index (χ1) is 7.70. The van der Waals surface area contributed by atoms with E-state index in [0.717, 1.165) is 22.3 Å². The summed E-state index contributed by atoms with van der Waals surface area (Å²) in [6.07, 6.45) is 0. The van der Waals surface area contributed by atoms with Gasteiger partial charge in [0.1, 0.15) is 5.82 Å². The van der Waals surface area contributed by atoms with Crippen LogP contribution in [0.3, 0.4) is 0 Å². The number of alkyl halides is 1. The second kappa shape index (κ2) is 4.74. The number of hydrogen-bond donors (Lipinski definition) is 0. The summed E-state index contributed by atoms with van der Waals surface area (Å²) in [5.41, 5.74) is 3.98. The lowest BCUT2D eigenvalue weighted by atomic mass is 10.1. The van der Waals surface area contributed by atoms with Crippen molar-refractivity contribution in [2.75, 3.05) is 0 Å². The molecule has 0 aliphatic rings. The van der Waals surface area contributed by atoms with Gasteiger partial charge in [0, 0.05) is 16.6 Å². The van der Waals surface area contributed by atoms with Crippen LogP contribution in [-0.4, -0.2) is 4.98 Å². The molecule has 0 fully saturated rings. The van der Waals surface area contributed by atoms with Gasteiger partial charge >= 0.3 is 0 Å². The minimum atomic E-state index is -0.224. The SMILES string of the molecule is Cc1nc(-c2ccc(F)cc2)ccc1CBr. The Labute approximate surface area is 102 Å². The monoisotopic (exact) mass is 279 g/mol. The Morgan fingerprint density at radius 3 is 2.38 bits per heavy atom. The summed E-state index contributed by atoms with van der Waals surface area (Å²) in [6.45, 7) is 1.98. The van der Waals surface area contributed by atoms with E-state index in [9.17, 15) is 4.39 Å². The molecule has 0 saturated heterocycles. The number of halogens is 2. The molecule has 0 spiro atoms. The fraction of sp³-hybridized carbons (Fsp3) is 0.154. The quantitative estimate of drug-likeness (QED) is 0.755. The molecule has 0 unspecified atom stereocenters. The molecule has 3 heteroatoms. The third-order valence-electron chi connectivity index (χ3n) is 2.48. The van der Waals surface area contributed by atoms with Gasteiger partial charge in [0.05, 0.1) is 5.69 Å². The molecule has 0 radical (unpaired) electrons. The van der Waals surface area contributed by atoms with E-state index in [4.69, 9.17) is 0 Å². The van der Waals surface area contributed by atoms with Crippen molar-refractivity contribution in [2.24, 2.45) is 0 Å². The van der Waals surface area contributed by atoms with Gasteiger partial charge in [0.15, 0.2) is 0 Å². The number of aryl methyl sites for hydroxylation is 1. The highest BCUT2D eigenvalue weighted by molar-refractivity contribution is 9.08. The van der Waals surface area contributed by atoms with Crippen molar-refractivity contribution in [1.82, 2.24) is 4.98 Å². The van der Waals surface area contributed by atoms with Gasteiger partial charge in [-0.3, -0.25) is 4.98 Å². The lowest BCUT2D eigenvalue weighted by Gasteiger charge is -2.05. The molecule has 0 aliphatic heterocycles. The van der Waals surface area contributed by atoms with Crippen molar-refractivity contribution in [2.45, 2.75) is 12.3 Å². The van der Waals surface area contributed by atoms with Crippen LogP contribution >= 0.6 is 15.9 Å². The summed E-state index contributed by atoms with van der Waals surface area (Å²) in [5.74, 6) is -0.224. The van der Waals surface area contributed by atoms with Crippen molar-refractivity contribution >= 4 is 15.9 Å². The van der Waals surface area contributed by atoms with Crippen molar-refractivity contribution in [3.8, 4) is 11.3 Å². The zero-order valence-electron chi connectivity index (χ0n) is 8.87. The van der Waals surface area contributed by atoms with E-state index in [-0.39, 0.29) is 5.82 Å². The smallest absolute Gasteiger partial charge is 0.123 e. The van der Waals surface area contributed by atoms with Crippen LogP contribution in [-0.2, 0) is 5.33 Å². The van der Waals surface area contributed by atoms with Gasteiger partial charge in [-0.05, 0) is 42.8 Å². The van der Waals surface area contributed by atoms with Gasteiger partial charge in [-0.25, -0.2) is 4.39 Å². The lowest BCUT2D eigenvalue weighted by molar-refractivity contribution is 0.628. The minimum absolute atomic E-state index is 0.224. The van der Waals surface area contributed by atoms with Gasteiger partial charge < -0.3 is 0 Å². The fourth-order valence-corrected chi connectivity index (χ4v) is 2.11. The molecule has 1 nitrogen and oxygen atoms in total. The Bertz CT molecular complexity index is 494. The summed E-state index contributed by atoms with van der Waals surface area (Å²) >= 11 is 3.41. The Hall–Kier alpha value is -1.22. The molecular formula is C13H11BrFN. The number of benzene rings is 1. The molecule has 0 bridgehead atoms. The zero-order valence-corrected chi connectivity index (χ0v) is 10.5. The van der Waals surface area contributed by atoms with Crippen LogP contribution in [0.1, 0.15) is 11.3 Å². The third kappa shape index (κ3) is 2.30. The summed E-state index contributed by atoms with van der Waals surface area (Å²) in [4.78, 5) is 4.49. The summed E-state index contributed by atoms with van der Waals surface area (Å²) in [7, 11) is 0. The first kappa shape index (κ1) is 11.3. The Morgan fingerprint density at radius 1 is 1.12 bits per heavy atom. The van der Waals surface area contributed by atoms with Gasteiger partial charge in [-0.1, -0.05) is 22.0 Å². The van der Waals surface area contributed by atoms with Crippen LogP contribution in [0.5, 0.6) is 0 Å². The highest BCUT2D eigenvalue weighted by Crippen LogP contribution is 2.20. The standard InChI is InChI=1S/C13H11BrFN/c1-9-11(8-14)4-7-13(16-9)10-2-5-12(15)6-3-10/h2-7H,8H2,1H3. The van der Waals surface area contributed by atoms with Crippen LogP contribution in [0.2, 0.25) is 0 Å². The van der Waals surface area contributed by atoms with Gasteiger partial charge in [-0.2, -0.15) is 0 Å². The maximum absolute atomic E-state index is 12.8. The topological polar surface area (TPSA) is 12.9 Å². The molecule has 2 rings (SSSR count). The van der Waals surface area contributed by atoms with Crippen molar-refractivity contribution in [3.05, 3.63) is 53.5 Å². The molecule has 16 heavy (non-hydrogen) atoms. The second-order valence-electron chi connectivity index (χ2n) is 3.58. The van der Waals surface area contributed by atoms with Crippen LogP contribution in [0, 0.1) is 12.7 Å². The van der Waals surface area contributed by atoms with Crippen LogP contribution in [0.4, 0.5) is 4.39 Å². The zero-order chi connectivity index (χ0) is 11.5. The Morgan fingerprint density at radius 2 is 1.81 bits per heavy atom. The Balaban J connectivity index is 2.41. The molecule has 2 aromatic rings. The molecule has 0 atom stereocenters. The summed E-state index contributed by atoms with van der Waals surface area (Å²) < 4.78 is 12.8. The van der Waals surface area contributed by atoms with E-state index in [2.05, 4.69) is 20.9 Å². The first-order valence-electron chi connectivity index (χ1n) is 4.99. The molecule has 1 aromatic heterocycles. The van der Waals surface area contributed by atoms with E-state index in [0.29, 0.717) is 0 Å². The van der Waals surface area contributed by atoms with Crippen molar-refractivity contribution in [1.29, 1.82) is 0 Å². The van der Waals surface area contributed by atoms with E-state index >= 15 is 0 Å². The maximum atomic E-state index is 12.8. The van der Waals surface area contributed by atoms with E-state index in [1.54, 1.807) is 12.1 Å². The predicted octanol–water partition coefficient (Wildman–Crippen LogP) is 4.09. The predicted molar refractivity (Wildman–Crippen MR) is 67.0 cm³/mol. The average Bonchev–Trinajstić information content (AvgIpc) is 2.30. The third-order valence-corrected chi connectivity index (χ3v) is 3.08. The highest BCUT2D eigenvalue weighted by atomic mass is 79.9. The number of rotatable bonds is 2. The largest absolute Gasteiger partial charge is 0.253 e. The normalized spacial score (nSPS) is 10.4. The molecule has 0 amide bonds.